The van der Waals surface area contributed by atoms with Crippen molar-refractivity contribution in [2.24, 2.45) is 0 Å². The van der Waals surface area contributed by atoms with Gasteiger partial charge in [-0.25, -0.2) is 4.79 Å². The molecule has 1 amide bonds. The average Bonchev–Trinajstić information content (AvgIpc) is 3.00. The summed E-state index contributed by atoms with van der Waals surface area (Å²) in [5.74, 6) is 0. The third kappa shape index (κ3) is 3.04. The minimum Gasteiger partial charge on any atom is -0.450 e. The van der Waals surface area contributed by atoms with Crippen molar-refractivity contribution in [1.29, 1.82) is 0 Å². The molecule has 0 atom stereocenters. The minimum atomic E-state index is -0.682. The van der Waals surface area contributed by atoms with Crippen LogP contribution in [0.1, 0.15) is 6.92 Å². The number of amides is 1. The number of hydrogen-bond donors (Lipinski definition) is 3. The van der Waals surface area contributed by atoms with Crippen LogP contribution in [0.25, 0.3) is 33.1 Å². The zero-order valence-electron chi connectivity index (χ0n) is 14.4. The molecule has 7 heteroatoms. The van der Waals surface area contributed by atoms with Gasteiger partial charge >= 0.3 is 6.09 Å². The predicted octanol–water partition coefficient (Wildman–Crippen LogP) is 4.90. The maximum Gasteiger partial charge on any atom is 0.411 e. The van der Waals surface area contributed by atoms with Crippen molar-refractivity contribution in [3.8, 4) is 11.1 Å². The van der Waals surface area contributed by atoms with Crippen LogP contribution in [0, 0.1) is 0 Å². The Bertz CT molecular complexity index is 1210. The lowest BCUT2D eigenvalue weighted by atomic mass is 10.0. The van der Waals surface area contributed by atoms with Gasteiger partial charge in [0.25, 0.3) is 5.56 Å². The third-order valence-electron chi connectivity index (χ3n) is 4.29. The highest BCUT2D eigenvalue weighted by Crippen LogP contribution is 2.36. The number of hydrogen-bond acceptors (Lipinski definition) is 3. The highest BCUT2D eigenvalue weighted by molar-refractivity contribution is 6.32. The summed E-state index contributed by atoms with van der Waals surface area (Å²) in [6.07, 6.45) is -0.682. The first kappa shape index (κ1) is 17.2. The first-order valence-electron chi connectivity index (χ1n) is 8.45. The van der Waals surface area contributed by atoms with Crippen molar-refractivity contribution < 1.29 is 9.53 Å². The normalized spacial score (nSPS) is 11.0. The summed E-state index contributed by atoms with van der Waals surface area (Å²) in [5.41, 5.74) is 3.25. The number of H-pyrrole nitrogens is 2. The third-order valence-corrected chi connectivity index (χ3v) is 4.53. The molecule has 0 aliphatic rings. The van der Waals surface area contributed by atoms with Gasteiger partial charge in [-0.1, -0.05) is 41.9 Å². The molecule has 6 nitrogen and oxygen atoms in total. The maximum absolute atomic E-state index is 12.8. The second kappa shape index (κ2) is 6.81. The summed E-state index contributed by atoms with van der Waals surface area (Å²) >= 11 is 6.13. The quantitative estimate of drug-likeness (QED) is 0.471. The van der Waals surface area contributed by atoms with Crippen LogP contribution in [-0.2, 0) is 4.74 Å². The zero-order valence-corrected chi connectivity index (χ0v) is 15.2. The number of rotatable bonds is 3. The van der Waals surface area contributed by atoms with Gasteiger partial charge in [-0.3, -0.25) is 10.1 Å². The smallest absolute Gasteiger partial charge is 0.411 e. The Balaban J connectivity index is 2.07. The Labute approximate surface area is 159 Å². The first-order chi connectivity index (χ1) is 13.1. The number of anilines is 1. The number of nitrogens with one attached hydrogen (secondary N) is 3. The van der Waals surface area contributed by atoms with Crippen LogP contribution in [0.2, 0.25) is 5.02 Å². The van der Waals surface area contributed by atoms with Crippen LogP contribution in [0.3, 0.4) is 0 Å². The van der Waals surface area contributed by atoms with Gasteiger partial charge < -0.3 is 14.7 Å². The molecular weight excluding hydrogens is 366 g/mol. The molecule has 27 heavy (non-hydrogen) atoms. The Morgan fingerprint density at radius 1 is 1.11 bits per heavy atom. The van der Waals surface area contributed by atoms with E-state index in [4.69, 9.17) is 16.3 Å². The molecule has 0 aliphatic heterocycles. The number of carbonyl (C=O) groups is 1. The van der Waals surface area contributed by atoms with Crippen molar-refractivity contribution in [2.45, 2.75) is 6.92 Å². The summed E-state index contributed by atoms with van der Waals surface area (Å²) in [6.45, 7) is 1.91. The van der Waals surface area contributed by atoms with Crippen LogP contribution in [-0.4, -0.2) is 22.7 Å². The fourth-order valence-corrected chi connectivity index (χ4v) is 3.35. The SMILES string of the molecule is CCOC(=O)Nc1c(-c2ccccc2)c2[nH]c3ccc(Cl)cc3c2[nH]c1=O. The first-order valence-corrected chi connectivity index (χ1v) is 8.82. The van der Waals surface area contributed by atoms with Gasteiger partial charge in [0.05, 0.1) is 17.6 Å². The van der Waals surface area contributed by atoms with Gasteiger partial charge in [-0.05, 0) is 30.7 Å². The molecule has 0 spiro atoms. The molecule has 0 saturated carbocycles. The topological polar surface area (TPSA) is 87.0 Å². The summed E-state index contributed by atoms with van der Waals surface area (Å²) in [7, 11) is 0. The number of halogens is 1. The Morgan fingerprint density at radius 3 is 2.63 bits per heavy atom. The number of fused-ring (bicyclic) bond motifs is 3. The Hall–Kier alpha value is -3.25. The van der Waals surface area contributed by atoms with Crippen molar-refractivity contribution in [3.63, 3.8) is 0 Å². The number of aromatic amines is 2. The maximum atomic E-state index is 12.8. The van der Waals surface area contributed by atoms with Crippen molar-refractivity contribution in [3.05, 3.63) is 63.9 Å². The molecule has 4 rings (SSSR count). The van der Waals surface area contributed by atoms with Crippen LogP contribution in [0.15, 0.2) is 53.3 Å². The van der Waals surface area contributed by atoms with Gasteiger partial charge in [-0.2, -0.15) is 0 Å². The van der Waals surface area contributed by atoms with Crippen LogP contribution in [0.5, 0.6) is 0 Å². The molecule has 2 aromatic heterocycles. The fourth-order valence-electron chi connectivity index (χ4n) is 3.18. The van der Waals surface area contributed by atoms with Crippen molar-refractivity contribution in [2.75, 3.05) is 11.9 Å². The Morgan fingerprint density at radius 2 is 1.89 bits per heavy atom. The Kier molecular flexibility index (Phi) is 4.33. The van der Waals surface area contributed by atoms with E-state index in [1.54, 1.807) is 19.1 Å². The van der Waals surface area contributed by atoms with E-state index >= 15 is 0 Å². The molecule has 3 N–H and O–H groups in total. The largest absolute Gasteiger partial charge is 0.450 e. The zero-order chi connectivity index (χ0) is 19.0. The highest BCUT2D eigenvalue weighted by atomic mass is 35.5. The summed E-state index contributed by atoms with van der Waals surface area (Å²) in [5, 5.41) is 3.94. The monoisotopic (exact) mass is 381 g/mol. The second-order valence-corrected chi connectivity index (χ2v) is 6.42. The van der Waals surface area contributed by atoms with Crippen molar-refractivity contribution in [1.82, 2.24) is 9.97 Å². The summed E-state index contributed by atoms with van der Waals surface area (Å²) < 4.78 is 4.95. The molecule has 0 radical (unpaired) electrons. The number of benzene rings is 2. The molecule has 2 heterocycles. The van der Waals surface area contributed by atoms with Crippen LogP contribution in [0.4, 0.5) is 10.5 Å². The van der Waals surface area contributed by atoms with E-state index in [1.165, 1.54) is 0 Å². The molecule has 136 valence electrons. The van der Waals surface area contributed by atoms with E-state index in [0.717, 1.165) is 16.5 Å². The van der Waals surface area contributed by atoms with E-state index in [-0.39, 0.29) is 12.3 Å². The van der Waals surface area contributed by atoms with Crippen molar-refractivity contribution >= 4 is 45.3 Å². The predicted molar refractivity (Wildman–Crippen MR) is 108 cm³/mol. The lowest BCUT2D eigenvalue weighted by molar-refractivity contribution is 0.168. The molecular formula is C20H16ClN3O3. The van der Waals surface area contributed by atoms with Gasteiger partial charge in [0.2, 0.25) is 0 Å². The van der Waals surface area contributed by atoms with E-state index in [0.29, 0.717) is 21.6 Å². The molecule has 0 unspecified atom stereocenters. The lowest BCUT2D eigenvalue weighted by Crippen LogP contribution is -2.21. The second-order valence-electron chi connectivity index (χ2n) is 5.98. The van der Waals surface area contributed by atoms with Crippen LogP contribution < -0.4 is 10.9 Å². The van der Waals surface area contributed by atoms with E-state index < -0.39 is 11.7 Å². The van der Waals surface area contributed by atoms with Gasteiger partial charge in [0.1, 0.15) is 5.69 Å². The fraction of sp³-hybridized carbons (Fsp3) is 0.100. The number of ether oxygens (including phenoxy) is 1. The molecule has 4 aromatic rings. The number of aromatic nitrogens is 2. The number of pyridine rings is 1. The van der Waals surface area contributed by atoms with Crippen LogP contribution >= 0.6 is 11.6 Å². The van der Waals surface area contributed by atoms with Gasteiger partial charge in [-0.15, -0.1) is 0 Å². The molecule has 0 aliphatic carbocycles. The van der Waals surface area contributed by atoms with E-state index in [1.807, 2.05) is 36.4 Å². The number of carbonyl (C=O) groups excluding carboxylic acids is 1. The summed E-state index contributed by atoms with van der Waals surface area (Å²) in [4.78, 5) is 31.0. The lowest BCUT2D eigenvalue weighted by Gasteiger charge is -2.12. The standard InChI is InChI=1S/C20H16ClN3O3/c1-2-27-20(26)24-18-15(11-6-4-3-5-7-11)17-16(23-19(18)25)13-10-12(21)8-9-14(13)22-17/h3-10,22H,2H2,1H3,(H,23,25)(H,24,26). The van der Waals surface area contributed by atoms with Gasteiger partial charge in [0, 0.05) is 21.5 Å². The van der Waals surface area contributed by atoms with E-state index in [2.05, 4.69) is 15.3 Å². The van der Waals surface area contributed by atoms with Gasteiger partial charge in [0.15, 0.2) is 0 Å². The minimum absolute atomic E-state index is 0.129. The van der Waals surface area contributed by atoms with E-state index in [9.17, 15) is 9.59 Å². The average molecular weight is 382 g/mol. The molecule has 0 fully saturated rings. The summed E-state index contributed by atoms with van der Waals surface area (Å²) in [6, 6.07) is 14.8. The molecule has 0 saturated heterocycles. The highest BCUT2D eigenvalue weighted by Gasteiger charge is 2.20. The molecule has 2 aromatic carbocycles. The molecule has 0 bridgehead atoms.